The number of nitrogens with one attached hydrogen (secondary N) is 1. The number of rotatable bonds is 5. The van der Waals surface area contributed by atoms with E-state index in [2.05, 4.69) is 30.9 Å². The Morgan fingerprint density at radius 2 is 2.06 bits per heavy atom. The largest absolute Gasteiger partial charge is 0.494 e. The Labute approximate surface area is 187 Å². The van der Waals surface area contributed by atoms with Crippen molar-refractivity contribution in [2.75, 3.05) is 25.9 Å². The van der Waals surface area contributed by atoms with Crippen molar-refractivity contribution >= 4 is 5.82 Å². The number of tetrazole rings is 1. The maximum atomic E-state index is 14.7. The lowest BCUT2D eigenvalue weighted by Crippen LogP contribution is -2.31. The van der Waals surface area contributed by atoms with E-state index in [1.807, 2.05) is 10.9 Å². The van der Waals surface area contributed by atoms with Gasteiger partial charge in [0.1, 0.15) is 11.5 Å². The lowest BCUT2D eigenvalue weighted by atomic mass is 10.1. The molecule has 1 saturated heterocycles. The van der Waals surface area contributed by atoms with Gasteiger partial charge in [-0.25, -0.2) is 9.37 Å². The van der Waals surface area contributed by atoms with Crippen LogP contribution in [0.15, 0.2) is 36.8 Å². The molecule has 0 bridgehead atoms. The molecule has 4 aromatic rings. The fourth-order valence-corrected chi connectivity index (χ4v) is 3.92. The Morgan fingerprint density at radius 1 is 1.18 bits per heavy atom. The van der Waals surface area contributed by atoms with Gasteiger partial charge in [-0.3, -0.25) is 4.68 Å². The number of halogens is 2. The maximum Gasteiger partial charge on any atom is 0.202 e. The highest BCUT2D eigenvalue weighted by atomic mass is 19.2. The number of ether oxygens (including phenoxy) is 1. The van der Waals surface area contributed by atoms with Gasteiger partial charge in [0.2, 0.25) is 5.82 Å². The van der Waals surface area contributed by atoms with Crippen LogP contribution in [0.2, 0.25) is 0 Å². The van der Waals surface area contributed by atoms with Gasteiger partial charge in [0, 0.05) is 30.1 Å². The molecule has 1 aromatic carbocycles. The monoisotopic (exact) mass is 453 g/mol. The number of aromatic nitrogens is 7. The number of nitrogens with two attached hydrogens (primary N) is 1. The Hall–Kier alpha value is -3.93. The van der Waals surface area contributed by atoms with Crippen LogP contribution in [-0.2, 0) is 0 Å². The molecule has 5 rings (SSSR count). The molecule has 3 N–H and O–H groups in total. The van der Waals surface area contributed by atoms with Crippen molar-refractivity contribution in [2.45, 2.75) is 18.9 Å². The molecule has 1 aliphatic rings. The average molecular weight is 453 g/mol. The quantitative estimate of drug-likeness (QED) is 0.472. The molecule has 170 valence electrons. The predicted octanol–water partition coefficient (Wildman–Crippen LogP) is 2.38. The van der Waals surface area contributed by atoms with E-state index in [9.17, 15) is 8.78 Å². The zero-order valence-corrected chi connectivity index (χ0v) is 17.7. The maximum absolute atomic E-state index is 14.7. The third-order valence-electron chi connectivity index (χ3n) is 5.68. The Balaban J connectivity index is 1.53. The Morgan fingerprint density at radius 3 is 2.85 bits per heavy atom. The summed E-state index contributed by atoms with van der Waals surface area (Å²) in [5, 5.41) is 19.3. The van der Waals surface area contributed by atoms with Gasteiger partial charge >= 0.3 is 0 Å². The zero-order valence-electron chi connectivity index (χ0n) is 17.7. The highest BCUT2D eigenvalue weighted by molar-refractivity contribution is 5.76. The first-order valence-corrected chi connectivity index (χ1v) is 10.4. The SMILES string of the molecule is COc1ccc(-n2nnnc2-c2cc(-c3cnn([C@H]4CCCNC4)c3)cnc2N)c(F)c1F. The van der Waals surface area contributed by atoms with Gasteiger partial charge in [-0.05, 0) is 48.0 Å². The summed E-state index contributed by atoms with van der Waals surface area (Å²) < 4.78 is 36.8. The van der Waals surface area contributed by atoms with Gasteiger partial charge in [-0.2, -0.15) is 14.2 Å². The van der Waals surface area contributed by atoms with Gasteiger partial charge in [0.25, 0.3) is 0 Å². The number of nitrogens with zero attached hydrogens (tertiary/aromatic N) is 7. The average Bonchev–Trinajstić information content (AvgIpc) is 3.52. The van der Waals surface area contributed by atoms with Crippen LogP contribution < -0.4 is 15.8 Å². The number of hydrogen-bond donors (Lipinski definition) is 2. The lowest BCUT2D eigenvalue weighted by Gasteiger charge is -2.22. The molecule has 10 nitrogen and oxygen atoms in total. The van der Waals surface area contributed by atoms with Crippen LogP contribution in [0.5, 0.6) is 5.75 Å². The number of pyridine rings is 1. The Kier molecular flexibility index (Phi) is 5.42. The van der Waals surface area contributed by atoms with Crippen LogP contribution in [0.3, 0.4) is 0 Å². The first-order chi connectivity index (χ1) is 16.1. The molecular formula is C21H21F2N9O. The van der Waals surface area contributed by atoms with Crippen LogP contribution >= 0.6 is 0 Å². The number of hydrogen-bond acceptors (Lipinski definition) is 8. The van der Waals surface area contributed by atoms with Crippen molar-refractivity contribution in [3.8, 4) is 34.0 Å². The molecule has 1 atom stereocenters. The van der Waals surface area contributed by atoms with Gasteiger partial charge < -0.3 is 15.8 Å². The number of nitrogen functional groups attached to an aromatic ring is 1. The fraction of sp³-hybridized carbons (Fsp3) is 0.286. The first kappa shape index (κ1) is 20.9. The van der Waals surface area contributed by atoms with Crippen molar-refractivity contribution in [1.82, 2.24) is 40.3 Å². The molecule has 12 heteroatoms. The van der Waals surface area contributed by atoms with Gasteiger partial charge in [-0.15, -0.1) is 5.10 Å². The van der Waals surface area contributed by atoms with Gasteiger partial charge in [0.05, 0.1) is 24.9 Å². The number of benzene rings is 1. The molecule has 0 radical (unpaired) electrons. The molecule has 3 aromatic heterocycles. The molecule has 0 aliphatic carbocycles. The molecule has 0 unspecified atom stereocenters. The van der Waals surface area contributed by atoms with Crippen molar-refractivity contribution in [1.29, 1.82) is 0 Å². The van der Waals surface area contributed by atoms with Gasteiger partial charge in [-0.1, -0.05) is 0 Å². The minimum Gasteiger partial charge on any atom is -0.494 e. The summed E-state index contributed by atoms with van der Waals surface area (Å²) in [5.74, 6) is -2.24. The smallest absolute Gasteiger partial charge is 0.202 e. The van der Waals surface area contributed by atoms with Crippen molar-refractivity contribution in [3.63, 3.8) is 0 Å². The third kappa shape index (κ3) is 3.78. The van der Waals surface area contributed by atoms with Crippen LogP contribution in [0.1, 0.15) is 18.9 Å². The second-order valence-electron chi connectivity index (χ2n) is 7.70. The second-order valence-corrected chi connectivity index (χ2v) is 7.70. The van der Waals surface area contributed by atoms with E-state index in [4.69, 9.17) is 10.5 Å². The predicted molar refractivity (Wildman–Crippen MR) is 116 cm³/mol. The molecule has 0 spiro atoms. The fourth-order valence-electron chi connectivity index (χ4n) is 3.92. The van der Waals surface area contributed by atoms with E-state index in [1.165, 1.54) is 19.2 Å². The summed E-state index contributed by atoms with van der Waals surface area (Å²) in [4.78, 5) is 4.27. The number of piperidine rings is 1. The van der Waals surface area contributed by atoms with Gasteiger partial charge in [0.15, 0.2) is 17.4 Å². The van der Waals surface area contributed by atoms with E-state index in [0.29, 0.717) is 5.56 Å². The van der Waals surface area contributed by atoms with E-state index >= 15 is 0 Å². The zero-order chi connectivity index (χ0) is 22.9. The summed E-state index contributed by atoms with van der Waals surface area (Å²) in [7, 11) is 1.25. The molecule has 4 heterocycles. The molecule has 33 heavy (non-hydrogen) atoms. The van der Waals surface area contributed by atoms with E-state index in [-0.39, 0.29) is 29.1 Å². The van der Waals surface area contributed by atoms with Crippen LogP contribution in [-0.4, -0.2) is 55.2 Å². The molecule has 1 fully saturated rings. The Bertz CT molecular complexity index is 1300. The van der Waals surface area contributed by atoms with Crippen LogP contribution in [0.4, 0.5) is 14.6 Å². The molecule has 1 aliphatic heterocycles. The van der Waals surface area contributed by atoms with E-state index in [0.717, 1.165) is 41.7 Å². The summed E-state index contributed by atoms with van der Waals surface area (Å²) in [6, 6.07) is 4.66. The van der Waals surface area contributed by atoms with Crippen LogP contribution in [0.25, 0.3) is 28.2 Å². The summed E-state index contributed by atoms with van der Waals surface area (Å²) in [6.45, 7) is 1.88. The molecule has 0 amide bonds. The minimum atomic E-state index is -1.15. The highest BCUT2D eigenvalue weighted by Crippen LogP contribution is 2.31. The lowest BCUT2D eigenvalue weighted by molar-refractivity contribution is 0.347. The van der Waals surface area contributed by atoms with Crippen molar-refractivity contribution in [2.24, 2.45) is 0 Å². The third-order valence-corrected chi connectivity index (χ3v) is 5.68. The van der Waals surface area contributed by atoms with Crippen molar-refractivity contribution in [3.05, 3.63) is 48.4 Å². The van der Waals surface area contributed by atoms with Crippen LogP contribution in [0, 0.1) is 11.6 Å². The first-order valence-electron chi connectivity index (χ1n) is 10.4. The summed E-state index contributed by atoms with van der Waals surface area (Å²) in [6.07, 6.45) is 7.49. The van der Waals surface area contributed by atoms with E-state index < -0.39 is 11.6 Å². The minimum absolute atomic E-state index is 0.120. The molecular weight excluding hydrogens is 432 g/mol. The number of anilines is 1. The summed E-state index contributed by atoms with van der Waals surface area (Å²) in [5.41, 5.74) is 7.88. The highest BCUT2D eigenvalue weighted by Gasteiger charge is 2.22. The van der Waals surface area contributed by atoms with E-state index in [1.54, 1.807) is 18.5 Å². The second kappa shape index (κ2) is 8.54. The normalized spacial score (nSPS) is 16.2. The standard InChI is InChI=1S/C21H21F2N9O/c1-33-17-5-4-16(18(22)19(17)23)32-21(28-29-30-32)15-7-12(8-26-20(15)24)13-9-27-31(11-13)14-3-2-6-25-10-14/h4-5,7-9,11,14,25H,2-3,6,10H2,1H3,(H2,24,26)/t14-/m0/s1. The molecule has 0 saturated carbocycles. The topological polar surface area (TPSA) is 122 Å². The van der Waals surface area contributed by atoms with Crippen molar-refractivity contribution < 1.29 is 13.5 Å². The number of methoxy groups -OCH3 is 1. The summed E-state index contributed by atoms with van der Waals surface area (Å²) >= 11 is 0.